The van der Waals surface area contributed by atoms with Crippen LogP contribution in [0.3, 0.4) is 0 Å². The van der Waals surface area contributed by atoms with Crippen LogP contribution in [-0.2, 0) is 0 Å². The van der Waals surface area contributed by atoms with Gasteiger partial charge < -0.3 is 14.7 Å². The molecule has 0 saturated carbocycles. The minimum atomic E-state index is -0.982. The van der Waals surface area contributed by atoms with E-state index >= 15 is 0 Å². The molecule has 1 aromatic heterocycles. The minimum absolute atomic E-state index is 0.0116. The number of aliphatic hydroxyl groups is 1. The second kappa shape index (κ2) is 7.52. The summed E-state index contributed by atoms with van der Waals surface area (Å²) in [6, 6.07) is 13.9. The van der Waals surface area contributed by atoms with Gasteiger partial charge in [0.25, 0.3) is 5.91 Å². The Bertz CT molecular complexity index is 1010. The number of carbonyl (C=O) groups excluding carboxylic acids is 1. The van der Waals surface area contributed by atoms with Gasteiger partial charge in [0.1, 0.15) is 35.3 Å². The number of carbonyl (C=O) groups is 1. The standard InChI is InChI=1S/C21H18F2N2O3/c22-14-9-15(23)11-16(10-14)28-20-7-8-25(12-19(20)26)21(27)18-6-5-13-3-1-2-4-17(13)24-18/h1-6,9-11,19-20,26H,7-8,12H2/t19-,20-/m1/s1. The van der Waals surface area contributed by atoms with Crippen molar-refractivity contribution in [3.05, 3.63) is 71.9 Å². The SMILES string of the molecule is O=C(c1ccc2ccccc2n1)N1CC[C@@H](Oc2cc(F)cc(F)c2)[C@H](O)C1. The second-order valence-electron chi connectivity index (χ2n) is 6.76. The third kappa shape index (κ3) is 3.80. The fraction of sp³-hybridized carbons (Fsp3) is 0.238. The normalized spacial score (nSPS) is 19.6. The highest BCUT2D eigenvalue weighted by atomic mass is 19.1. The maximum atomic E-state index is 13.3. The molecule has 0 unspecified atom stereocenters. The van der Waals surface area contributed by atoms with Crippen molar-refractivity contribution < 1.29 is 23.4 Å². The van der Waals surface area contributed by atoms with E-state index in [9.17, 15) is 18.7 Å². The Hall–Kier alpha value is -3.06. The number of amides is 1. The van der Waals surface area contributed by atoms with Crippen LogP contribution in [0.1, 0.15) is 16.9 Å². The van der Waals surface area contributed by atoms with E-state index in [-0.39, 0.29) is 18.2 Å². The van der Waals surface area contributed by atoms with Crippen molar-refractivity contribution in [1.82, 2.24) is 9.88 Å². The Labute approximate surface area is 160 Å². The van der Waals surface area contributed by atoms with Crippen molar-refractivity contribution in [3.63, 3.8) is 0 Å². The molecule has 7 heteroatoms. The highest BCUT2D eigenvalue weighted by Gasteiger charge is 2.32. The first kappa shape index (κ1) is 18.3. The monoisotopic (exact) mass is 384 g/mol. The number of hydrogen-bond donors (Lipinski definition) is 1. The molecular formula is C21H18F2N2O3. The molecule has 2 atom stereocenters. The van der Waals surface area contributed by atoms with Gasteiger partial charge in [-0.2, -0.15) is 0 Å². The van der Waals surface area contributed by atoms with Crippen molar-refractivity contribution >= 4 is 16.8 Å². The van der Waals surface area contributed by atoms with Crippen LogP contribution in [-0.4, -0.2) is 46.2 Å². The van der Waals surface area contributed by atoms with E-state index in [4.69, 9.17) is 4.74 Å². The lowest BCUT2D eigenvalue weighted by molar-refractivity contribution is -0.0202. The molecule has 5 nitrogen and oxygen atoms in total. The van der Waals surface area contributed by atoms with Crippen molar-refractivity contribution in [2.45, 2.75) is 18.6 Å². The molecule has 1 aliphatic rings. The highest BCUT2D eigenvalue weighted by molar-refractivity contribution is 5.95. The smallest absolute Gasteiger partial charge is 0.272 e. The Balaban J connectivity index is 1.44. The van der Waals surface area contributed by atoms with Crippen LogP contribution in [0, 0.1) is 11.6 Å². The maximum Gasteiger partial charge on any atom is 0.272 e. The largest absolute Gasteiger partial charge is 0.487 e. The van der Waals surface area contributed by atoms with E-state index in [0.717, 1.165) is 29.1 Å². The molecule has 1 saturated heterocycles. The first-order valence-electron chi connectivity index (χ1n) is 8.95. The number of benzene rings is 2. The summed E-state index contributed by atoms with van der Waals surface area (Å²) < 4.78 is 32.1. The number of para-hydroxylation sites is 1. The van der Waals surface area contributed by atoms with Gasteiger partial charge in [-0.3, -0.25) is 4.79 Å². The molecule has 2 aromatic carbocycles. The molecule has 28 heavy (non-hydrogen) atoms. The molecule has 1 N–H and O–H groups in total. The average molecular weight is 384 g/mol. The lowest BCUT2D eigenvalue weighted by Crippen LogP contribution is -2.51. The van der Waals surface area contributed by atoms with E-state index in [2.05, 4.69) is 4.98 Å². The predicted octanol–water partition coefficient (Wildman–Crippen LogP) is 3.17. The molecule has 1 amide bonds. The van der Waals surface area contributed by atoms with Crippen molar-refractivity contribution in [1.29, 1.82) is 0 Å². The van der Waals surface area contributed by atoms with Crippen molar-refractivity contribution in [2.75, 3.05) is 13.1 Å². The topological polar surface area (TPSA) is 62.7 Å². The predicted molar refractivity (Wildman–Crippen MR) is 99.0 cm³/mol. The highest BCUT2D eigenvalue weighted by Crippen LogP contribution is 2.23. The van der Waals surface area contributed by atoms with Gasteiger partial charge in [-0.15, -0.1) is 0 Å². The number of β-amino-alcohol motifs (C(OH)–C–C–N with tert-alkyl or cyclic N) is 1. The van der Waals surface area contributed by atoms with Crippen LogP contribution in [0.4, 0.5) is 8.78 Å². The molecule has 2 heterocycles. The number of halogens is 2. The zero-order chi connectivity index (χ0) is 19.7. The first-order valence-corrected chi connectivity index (χ1v) is 8.95. The van der Waals surface area contributed by atoms with E-state index < -0.39 is 23.8 Å². The van der Waals surface area contributed by atoms with Crippen LogP contribution >= 0.6 is 0 Å². The van der Waals surface area contributed by atoms with Gasteiger partial charge in [0, 0.05) is 36.6 Å². The Morgan fingerprint density at radius 2 is 1.86 bits per heavy atom. The van der Waals surface area contributed by atoms with E-state index in [1.165, 1.54) is 4.90 Å². The summed E-state index contributed by atoms with van der Waals surface area (Å²) in [5.74, 6) is -1.77. The molecule has 1 fully saturated rings. The van der Waals surface area contributed by atoms with Gasteiger partial charge in [0.2, 0.25) is 0 Å². The summed E-state index contributed by atoms with van der Waals surface area (Å²) in [5, 5.41) is 11.3. The first-order chi connectivity index (χ1) is 13.5. The Kier molecular flexibility index (Phi) is 4.92. The number of nitrogens with zero attached hydrogens (tertiary/aromatic N) is 2. The molecule has 0 spiro atoms. The molecule has 144 valence electrons. The van der Waals surface area contributed by atoms with Gasteiger partial charge in [-0.25, -0.2) is 13.8 Å². The maximum absolute atomic E-state index is 13.3. The number of piperidine rings is 1. The zero-order valence-corrected chi connectivity index (χ0v) is 14.9. The van der Waals surface area contributed by atoms with Crippen LogP contribution in [0.25, 0.3) is 10.9 Å². The average Bonchev–Trinajstić information content (AvgIpc) is 2.68. The van der Waals surface area contributed by atoms with Crippen LogP contribution < -0.4 is 4.74 Å². The number of rotatable bonds is 3. The van der Waals surface area contributed by atoms with E-state index in [0.29, 0.717) is 18.7 Å². The van der Waals surface area contributed by atoms with Crippen molar-refractivity contribution in [3.8, 4) is 5.75 Å². The fourth-order valence-corrected chi connectivity index (χ4v) is 3.35. The van der Waals surface area contributed by atoms with Crippen LogP contribution in [0.2, 0.25) is 0 Å². The minimum Gasteiger partial charge on any atom is -0.487 e. The lowest BCUT2D eigenvalue weighted by atomic mass is 10.0. The van der Waals surface area contributed by atoms with E-state index in [1.807, 2.05) is 30.3 Å². The third-order valence-corrected chi connectivity index (χ3v) is 4.75. The van der Waals surface area contributed by atoms with Gasteiger partial charge in [-0.1, -0.05) is 24.3 Å². The summed E-state index contributed by atoms with van der Waals surface area (Å²) in [4.78, 5) is 18.7. The van der Waals surface area contributed by atoms with Crippen molar-refractivity contribution in [2.24, 2.45) is 0 Å². The number of aliphatic hydroxyl groups excluding tert-OH is 1. The molecule has 4 rings (SSSR count). The Morgan fingerprint density at radius 1 is 1.11 bits per heavy atom. The zero-order valence-electron chi connectivity index (χ0n) is 14.9. The molecule has 0 bridgehead atoms. The van der Waals surface area contributed by atoms with Gasteiger partial charge in [0.05, 0.1) is 12.1 Å². The van der Waals surface area contributed by atoms with Gasteiger partial charge in [-0.05, 0) is 12.1 Å². The number of fused-ring (bicyclic) bond motifs is 1. The second-order valence-corrected chi connectivity index (χ2v) is 6.76. The number of likely N-dealkylation sites (tertiary alicyclic amines) is 1. The van der Waals surface area contributed by atoms with E-state index in [1.54, 1.807) is 6.07 Å². The fourth-order valence-electron chi connectivity index (χ4n) is 3.35. The third-order valence-electron chi connectivity index (χ3n) is 4.75. The molecular weight excluding hydrogens is 366 g/mol. The molecule has 1 aliphatic heterocycles. The number of aromatic nitrogens is 1. The summed E-state index contributed by atoms with van der Waals surface area (Å²) >= 11 is 0. The number of hydrogen-bond acceptors (Lipinski definition) is 4. The summed E-state index contributed by atoms with van der Waals surface area (Å²) in [6.45, 7) is 0.392. The molecule has 3 aromatic rings. The Morgan fingerprint density at radius 3 is 2.61 bits per heavy atom. The summed E-state index contributed by atoms with van der Waals surface area (Å²) in [7, 11) is 0. The summed E-state index contributed by atoms with van der Waals surface area (Å²) in [5.41, 5.74) is 1.03. The summed E-state index contributed by atoms with van der Waals surface area (Å²) in [6.07, 6.45) is -1.31. The molecule has 0 radical (unpaired) electrons. The lowest BCUT2D eigenvalue weighted by Gasteiger charge is -2.35. The van der Waals surface area contributed by atoms with Gasteiger partial charge >= 0.3 is 0 Å². The van der Waals surface area contributed by atoms with Gasteiger partial charge in [0.15, 0.2) is 0 Å². The number of pyridine rings is 1. The molecule has 0 aliphatic carbocycles. The number of ether oxygens (including phenoxy) is 1. The quantitative estimate of drug-likeness (QED) is 0.754. The van der Waals surface area contributed by atoms with Crippen LogP contribution in [0.15, 0.2) is 54.6 Å². The van der Waals surface area contributed by atoms with Crippen LogP contribution in [0.5, 0.6) is 5.75 Å².